The van der Waals surface area contributed by atoms with E-state index in [1.165, 1.54) is 11.3 Å². The molecule has 0 fully saturated rings. The van der Waals surface area contributed by atoms with Crippen LogP contribution in [0.25, 0.3) is 10.9 Å². The fourth-order valence-electron chi connectivity index (χ4n) is 2.04. The summed E-state index contributed by atoms with van der Waals surface area (Å²) in [5.74, 6) is -0.281. The number of rotatable bonds is 6. The third-order valence-corrected chi connectivity index (χ3v) is 4.49. The van der Waals surface area contributed by atoms with Gasteiger partial charge in [0.25, 0.3) is 0 Å². The minimum absolute atomic E-state index is 0.168. The number of fused-ring (bicyclic) bond motifs is 1. The highest BCUT2D eigenvalue weighted by atomic mass is 79.9. The second kappa shape index (κ2) is 7.54. The largest absolute Gasteiger partial charge is 0.466 e. The fourth-order valence-corrected chi connectivity index (χ4v) is 3.10. The number of carbonyl (C=O) groups excluding carboxylic acids is 1. The summed E-state index contributed by atoms with van der Waals surface area (Å²) < 4.78 is 5.73. The molecule has 1 aromatic carbocycles. The summed E-state index contributed by atoms with van der Waals surface area (Å²) in [5.41, 5.74) is 5.35. The number of nitrogens with one attached hydrogen (secondary N) is 2. The number of H-pyrrole nitrogens is 1. The lowest BCUT2D eigenvalue weighted by atomic mass is 10.2. The minimum Gasteiger partial charge on any atom is -0.466 e. The fraction of sp³-hybridized carbons (Fsp3) is 0.200. The van der Waals surface area contributed by atoms with Crippen LogP contribution in [0.3, 0.4) is 0 Å². The van der Waals surface area contributed by atoms with Crippen molar-refractivity contribution in [3.63, 3.8) is 0 Å². The molecule has 0 bridgehead atoms. The van der Waals surface area contributed by atoms with Crippen LogP contribution in [0.15, 0.2) is 33.3 Å². The molecule has 2 N–H and O–H groups in total. The molecule has 7 nitrogen and oxygen atoms in total. The lowest BCUT2D eigenvalue weighted by Gasteiger charge is -1.98. The molecular weight excluding hydrogens is 394 g/mol. The molecular formula is C15H14BrN5O2S. The van der Waals surface area contributed by atoms with Crippen LogP contribution in [0.2, 0.25) is 0 Å². The first-order valence-corrected chi connectivity index (χ1v) is 8.85. The first-order chi connectivity index (χ1) is 11.7. The van der Waals surface area contributed by atoms with Crippen molar-refractivity contribution in [2.24, 2.45) is 5.10 Å². The molecule has 0 amide bonds. The van der Waals surface area contributed by atoms with E-state index >= 15 is 0 Å². The van der Waals surface area contributed by atoms with Gasteiger partial charge in [-0.2, -0.15) is 10.2 Å². The number of hydrogen-bond acceptors (Lipinski definition) is 7. The molecule has 3 rings (SSSR count). The Morgan fingerprint density at radius 2 is 2.42 bits per heavy atom. The number of ether oxygens (including phenoxy) is 1. The van der Waals surface area contributed by atoms with Gasteiger partial charge in [-0.25, -0.2) is 4.98 Å². The molecule has 0 aliphatic carbocycles. The second-order valence-corrected chi connectivity index (χ2v) is 6.46. The maximum absolute atomic E-state index is 11.4. The Morgan fingerprint density at radius 3 is 3.25 bits per heavy atom. The van der Waals surface area contributed by atoms with E-state index in [9.17, 15) is 4.79 Å². The van der Waals surface area contributed by atoms with Gasteiger partial charge < -0.3 is 4.74 Å². The number of esters is 1. The normalized spacial score (nSPS) is 11.2. The van der Waals surface area contributed by atoms with Crippen molar-refractivity contribution in [3.05, 3.63) is 39.4 Å². The lowest BCUT2D eigenvalue weighted by molar-refractivity contribution is -0.142. The van der Waals surface area contributed by atoms with Crippen LogP contribution in [-0.2, 0) is 16.0 Å². The van der Waals surface area contributed by atoms with E-state index in [0.29, 0.717) is 17.4 Å². The molecule has 0 atom stereocenters. The number of benzene rings is 1. The smallest absolute Gasteiger partial charge is 0.311 e. The van der Waals surface area contributed by atoms with Crippen molar-refractivity contribution in [2.45, 2.75) is 13.3 Å². The summed E-state index contributed by atoms with van der Waals surface area (Å²) in [6.45, 7) is 2.15. The van der Waals surface area contributed by atoms with Gasteiger partial charge in [0.1, 0.15) is 4.60 Å². The van der Waals surface area contributed by atoms with Crippen molar-refractivity contribution < 1.29 is 9.53 Å². The van der Waals surface area contributed by atoms with Crippen molar-refractivity contribution in [1.29, 1.82) is 0 Å². The molecule has 0 unspecified atom stereocenters. The number of aromatic amines is 1. The molecule has 0 saturated carbocycles. The maximum Gasteiger partial charge on any atom is 0.311 e. The monoisotopic (exact) mass is 407 g/mol. The summed E-state index contributed by atoms with van der Waals surface area (Å²) in [4.78, 5) is 15.7. The average molecular weight is 408 g/mol. The van der Waals surface area contributed by atoms with E-state index < -0.39 is 0 Å². The van der Waals surface area contributed by atoms with Gasteiger partial charge >= 0.3 is 5.97 Å². The molecule has 0 radical (unpaired) electrons. The van der Waals surface area contributed by atoms with Gasteiger partial charge in [0.05, 0.1) is 30.5 Å². The van der Waals surface area contributed by atoms with Gasteiger partial charge in [0.2, 0.25) is 5.13 Å². The zero-order valence-electron chi connectivity index (χ0n) is 12.7. The van der Waals surface area contributed by atoms with Gasteiger partial charge in [-0.1, -0.05) is 6.07 Å². The number of carbonyl (C=O) groups is 1. The maximum atomic E-state index is 11.4. The van der Waals surface area contributed by atoms with E-state index in [1.807, 2.05) is 23.6 Å². The number of aromatic nitrogens is 3. The SMILES string of the molecule is CCOC(=O)Cc1csc(NN=Cc2ccc3n[nH]c(Br)c3c2)n1. The third-order valence-electron chi connectivity index (χ3n) is 3.09. The predicted octanol–water partition coefficient (Wildman–Crippen LogP) is 3.33. The second-order valence-electron chi connectivity index (χ2n) is 4.81. The van der Waals surface area contributed by atoms with E-state index in [4.69, 9.17) is 4.74 Å². The number of anilines is 1. The van der Waals surface area contributed by atoms with Crippen molar-refractivity contribution in [2.75, 3.05) is 12.0 Å². The van der Waals surface area contributed by atoms with Crippen LogP contribution in [0.5, 0.6) is 0 Å². The first-order valence-electron chi connectivity index (χ1n) is 7.18. The Bertz CT molecular complexity index is 889. The highest BCUT2D eigenvalue weighted by Crippen LogP contribution is 2.21. The summed E-state index contributed by atoms with van der Waals surface area (Å²) in [7, 11) is 0. The van der Waals surface area contributed by atoms with E-state index in [2.05, 4.69) is 41.6 Å². The minimum atomic E-state index is -0.281. The van der Waals surface area contributed by atoms with Crippen LogP contribution in [0, 0.1) is 0 Å². The van der Waals surface area contributed by atoms with Crippen LogP contribution in [-0.4, -0.2) is 34.0 Å². The standard InChI is InChI=1S/C15H14BrN5O2S/c1-2-23-13(22)6-10-8-24-15(18-10)21-17-7-9-3-4-12-11(5-9)14(16)20-19-12/h3-5,7-8H,2,6H2,1H3,(H,18,21)(H,19,20). The third kappa shape index (κ3) is 3.98. The van der Waals surface area contributed by atoms with Gasteiger partial charge in [0.15, 0.2) is 0 Å². The van der Waals surface area contributed by atoms with Crippen LogP contribution >= 0.6 is 27.3 Å². The van der Waals surface area contributed by atoms with Gasteiger partial charge in [0, 0.05) is 10.8 Å². The molecule has 3 aromatic rings. The summed E-state index contributed by atoms with van der Waals surface area (Å²) in [6, 6.07) is 5.82. The Morgan fingerprint density at radius 1 is 1.54 bits per heavy atom. The zero-order valence-corrected chi connectivity index (χ0v) is 15.1. The number of thiazole rings is 1. The molecule has 0 aliphatic rings. The van der Waals surface area contributed by atoms with E-state index in [0.717, 1.165) is 21.1 Å². The van der Waals surface area contributed by atoms with Gasteiger partial charge in [-0.15, -0.1) is 11.3 Å². The zero-order chi connectivity index (χ0) is 16.9. The summed E-state index contributed by atoms with van der Waals surface area (Å²) in [5, 5.41) is 14.6. The quantitative estimate of drug-likeness (QED) is 0.371. The van der Waals surface area contributed by atoms with E-state index in [-0.39, 0.29) is 12.4 Å². The van der Waals surface area contributed by atoms with Crippen molar-refractivity contribution in [3.8, 4) is 0 Å². The van der Waals surface area contributed by atoms with Crippen molar-refractivity contribution >= 4 is 55.5 Å². The number of nitrogens with zero attached hydrogens (tertiary/aromatic N) is 3. The molecule has 124 valence electrons. The Hall–Kier alpha value is -2.26. The molecule has 0 aliphatic heterocycles. The highest BCUT2D eigenvalue weighted by molar-refractivity contribution is 9.10. The van der Waals surface area contributed by atoms with E-state index in [1.54, 1.807) is 13.1 Å². The lowest BCUT2D eigenvalue weighted by Crippen LogP contribution is -2.07. The Labute approximate surface area is 150 Å². The number of halogens is 1. The first kappa shape index (κ1) is 16.6. The van der Waals surface area contributed by atoms with Gasteiger partial charge in [-0.3, -0.25) is 15.3 Å². The number of hydrogen-bond donors (Lipinski definition) is 2. The highest BCUT2D eigenvalue weighted by Gasteiger charge is 2.08. The average Bonchev–Trinajstić information content (AvgIpc) is 3.15. The van der Waals surface area contributed by atoms with Gasteiger partial charge in [-0.05, 0) is 40.5 Å². The number of hydrazone groups is 1. The molecule has 24 heavy (non-hydrogen) atoms. The molecule has 9 heteroatoms. The summed E-state index contributed by atoms with van der Waals surface area (Å²) >= 11 is 4.80. The van der Waals surface area contributed by atoms with Crippen molar-refractivity contribution in [1.82, 2.24) is 15.2 Å². The van der Waals surface area contributed by atoms with Crippen LogP contribution in [0.4, 0.5) is 5.13 Å². The molecule has 0 saturated heterocycles. The molecule has 0 spiro atoms. The topological polar surface area (TPSA) is 92.3 Å². The Balaban J connectivity index is 1.62. The molecule has 2 aromatic heterocycles. The predicted molar refractivity (Wildman–Crippen MR) is 97.5 cm³/mol. The Kier molecular flexibility index (Phi) is 5.21. The van der Waals surface area contributed by atoms with Crippen LogP contribution in [0.1, 0.15) is 18.2 Å². The molecule has 2 heterocycles. The summed E-state index contributed by atoms with van der Waals surface area (Å²) in [6.07, 6.45) is 1.87. The van der Waals surface area contributed by atoms with Crippen LogP contribution < -0.4 is 5.43 Å².